The predicted molar refractivity (Wildman–Crippen MR) is 117 cm³/mol. The Balaban J connectivity index is 1.87. The number of ether oxygens (including phenoxy) is 1. The molecular formula is C23H29N3O3. The summed E-state index contributed by atoms with van der Waals surface area (Å²) in [7, 11) is 3.87. The van der Waals surface area contributed by atoms with Gasteiger partial charge in [-0.2, -0.15) is 0 Å². The molecule has 0 aromatic heterocycles. The van der Waals surface area contributed by atoms with E-state index in [1.807, 2.05) is 70.1 Å². The van der Waals surface area contributed by atoms with Gasteiger partial charge in [0.1, 0.15) is 12.4 Å². The van der Waals surface area contributed by atoms with Gasteiger partial charge >= 0.3 is 0 Å². The van der Waals surface area contributed by atoms with E-state index in [0.29, 0.717) is 30.2 Å². The van der Waals surface area contributed by atoms with Crippen molar-refractivity contribution in [2.75, 3.05) is 42.4 Å². The van der Waals surface area contributed by atoms with Crippen molar-refractivity contribution in [3.05, 3.63) is 48.0 Å². The molecule has 2 amide bonds. The van der Waals surface area contributed by atoms with Crippen molar-refractivity contribution >= 4 is 28.9 Å². The smallest absolute Gasteiger partial charge is 0.255 e. The Hall–Kier alpha value is -3.02. The number of hydrogen-bond donors (Lipinski definition) is 1. The van der Waals surface area contributed by atoms with Crippen molar-refractivity contribution in [1.29, 1.82) is 0 Å². The van der Waals surface area contributed by atoms with Crippen LogP contribution >= 0.6 is 0 Å². The third-order valence-electron chi connectivity index (χ3n) is 4.99. The maximum atomic E-state index is 12.9. The largest absolute Gasteiger partial charge is 0.490 e. The zero-order valence-electron chi connectivity index (χ0n) is 17.8. The van der Waals surface area contributed by atoms with E-state index in [4.69, 9.17) is 4.74 Å². The Kier molecular flexibility index (Phi) is 5.82. The van der Waals surface area contributed by atoms with Gasteiger partial charge in [-0.3, -0.25) is 9.59 Å². The van der Waals surface area contributed by atoms with Crippen molar-refractivity contribution in [2.24, 2.45) is 5.41 Å². The van der Waals surface area contributed by atoms with Gasteiger partial charge in [-0.25, -0.2) is 0 Å². The molecule has 0 aliphatic carbocycles. The monoisotopic (exact) mass is 395 g/mol. The number of anilines is 3. The first-order valence-corrected chi connectivity index (χ1v) is 9.90. The van der Waals surface area contributed by atoms with Gasteiger partial charge in [0.25, 0.3) is 5.91 Å². The molecule has 2 aromatic carbocycles. The summed E-state index contributed by atoms with van der Waals surface area (Å²) in [5.41, 5.74) is 2.31. The lowest BCUT2D eigenvalue weighted by Gasteiger charge is -2.27. The minimum Gasteiger partial charge on any atom is -0.490 e. The van der Waals surface area contributed by atoms with Gasteiger partial charge in [-0.1, -0.05) is 13.0 Å². The van der Waals surface area contributed by atoms with E-state index in [2.05, 4.69) is 5.32 Å². The van der Waals surface area contributed by atoms with Gasteiger partial charge in [0, 0.05) is 43.6 Å². The maximum Gasteiger partial charge on any atom is 0.255 e. The zero-order chi connectivity index (χ0) is 21.2. The highest BCUT2D eigenvalue weighted by Crippen LogP contribution is 2.38. The number of nitrogens with zero attached hydrogens (tertiary/aromatic N) is 2. The zero-order valence-corrected chi connectivity index (χ0v) is 17.8. The fraction of sp³-hybridized carbons (Fsp3) is 0.391. The number of nitrogens with one attached hydrogen (secondary N) is 1. The van der Waals surface area contributed by atoms with Crippen LogP contribution in [0.15, 0.2) is 42.5 Å². The van der Waals surface area contributed by atoms with Crippen LogP contribution in [0.4, 0.5) is 17.1 Å². The molecule has 1 heterocycles. The van der Waals surface area contributed by atoms with Crippen LogP contribution < -0.4 is 19.9 Å². The molecule has 1 aliphatic rings. The summed E-state index contributed by atoms with van der Waals surface area (Å²) >= 11 is 0. The summed E-state index contributed by atoms with van der Waals surface area (Å²) in [6.45, 7) is 6.75. The van der Waals surface area contributed by atoms with Gasteiger partial charge in [-0.15, -0.1) is 0 Å². The first-order valence-electron chi connectivity index (χ1n) is 9.90. The van der Waals surface area contributed by atoms with Crippen molar-refractivity contribution in [1.82, 2.24) is 0 Å². The van der Waals surface area contributed by atoms with Gasteiger partial charge in [0.15, 0.2) is 0 Å². The third-order valence-corrected chi connectivity index (χ3v) is 4.99. The number of amides is 2. The van der Waals surface area contributed by atoms with E-state index >= 15 is 0 Å². The van der Waals surface area contributed by atoms with E-state index < -0.39 is 5.41 Å². The third kappa shape index (κ3) is 4.36. The molecule has 0 radical (unpaired) electrons. The summed E-state index contributed by atoms with van der Waals surface area (Å²) in [5.74, 6) is 0.469. The molecule has 0 fully saturated rings. The topological polar surface area (TPSA) is 61.9 Å². The number of benzene rings is 2. The summed E-state index contributed by atoms with van der Waals surface area (Å²) in [6, 6.07) is 12.9. The minimum atomic E-state index is -0.607. The lowest BCUT2D eigenvalue weighted by atomic mass is 9.93. The van der Waals surface area contributed by atoms with Crippen molar-refractivity contribution in [3.8, 4) is 5.75 Å². The molecule has 6 heteroatoms. The number of hydrogen-bond acceptors (Lipinski definition) is 4. The summed E-state index contributed by atoms with van der Waals surface area (Å²) < 4.78 is 5.97. The summed E-state index contributed by atoms with van der Waals surface area (Å²) in [4.78, 5) is 29.4. The van der Waals surface area contributed by atoms with E-state index in [0.717, 1.165) is 17.8 Å². The second kappa shape index (κ2) is 8.15. The molecule has 0 saturated heterocycles. The highest BCUT2D eigenvalue weighted by Gasteiger charge is 2.37. The quantitative estimate of drug-likeness (QED) is 0.826. The van der Waals surface area contributed by atoms with E-state index in [9.17, 15) is 9.59 Å². The average molecular weight is 396 g/mol. The number of carbonyl (C=O) groups is 2. The van der Waals surface area contributed by atoms with Crippen LogP contribution in [0.1, 0.15) is 37.6 Å². The first kappa shape index (κ1) is 20.7. The van der Waals surface area contributed by atoms with Crippen molar-refractivity contribution in [3.63, 3.8) is 0 Å². The molecular weight excluding hydrogens is 366 g/mol. The number of rotatable bonds is 5. The Morgan fingerprint density at radius 3 is 2.66 bits per heavy atom. The molecule has 0 atom stereocenters. The van der Waals surface area contributed by atoms with E-state index in [1.54, 1.807) is 17.0 Å². The van der Waals surface area contributed by atoms with Crippen LogP contribution in [0.2, 0.25) is 0 Å². The van der Waals surface area contributed by atoms with Crippen LogP contribution in [-0.4, -0.2) is 39.1 Å². The van der Waals surface area contributed by atoms with E-state index in [1.165, 1.54) is 0 Å². The molecule has 29 heavy (non-hydrogen) atoms. The molecule has 0 saturated carbocycles. The Bertz CT molecular complexity index is 921. The van der Waals surface area contributed by atoms with Crippen LogP contribution in [-0.2, 0) is 4.79 Å². The summed E-state index contributed by atoms with van der Waals surface area (Å²) in [5, 5.41) is 2.93. The normalized spacial score (nSPS) is 15.2. The highest BCUT2D eigenvalue weighted by atomic mass is 16.5. The van der Waals surface area contributed by atoms with Crippen molar-refractivity contribution < 1.29 is 14.3 Å². The van der Waals surface area contributed by atoms with E-state index in [-0.39, 0.29) is 11.8 Å². The Morgan fingerprint density at radius 1 is 1.21 bits per heavy atom. The van der Waals surface area contributed by atoms with Crippen molar-refractivity contribution in [2.45, 2.75) is 27.2 Å². The SMILES string of the molecule is CCCN1C(=O)C(C)(C)COc2cc(NC(=O)c3cccc(N(C)C)c3)ccc21. The molecule has 154 valence electrons. The number of carbonyl (C=O) groups excluding carboxylic acids is 2. The first-order chi connectivity index (χ1) is 13.7. The predicted octanol–water partition coefficient (Wildman–Crippen LogP) is 4.17. The minimum absolute atomic E-state index is 0.0513. The Labute approximate surface area is 172 Å². The molecule has 3 rings (SSSR count). The highest BCUT2D eigenvalue weighted by molar-refractivity contribution is 6.05. The van der Waals surface area contributed by atoms with Gasteiger partial charge in [-0.05, 0) is 50.6 Å². The van der Waals surface area contributed by atoms with Crippen LogP contribution in [0.5, 0.6) is 5.75 Å². The van der Waals surface area contributed by atoms with Crippen LogP contribution in [0.25, 0.3) is 0 Å². The van der Waals surface area contributed by atoms with Crippen LogP contribution in [0, 0.1) is 5.41 Å². The summed E-state index contributed by atoms with van der Waals surface area (Å²) in [6.07, 6.45) is 0.849. The molecule has 0 unspecified atom stereocenters. The molecule has 1 N–H and O–H groups in total. The second-order valence-corrected chi connectivity index (χ2v) is 8.21. The molecule has 2 aromatic rings. The standard InChI is InChI=1S/C23H29N3O3/c1-6-12-26-19-11-10-17(14-20(19)29-15-23(2,3)22(26)28)24-21(27)16-8-7-9-18(13-16)25(4)5/h7-11,13-14H,6,12,15H2,1-5H3,(H,24,27). The second-order valence-electron chi connectivity index (χ2n) is 8.21. The molecule has 1 aliphatic heterocycles. The van der Waals surface area contributed by atoms with Gasteiger partial charge < -0.3 is 19.9 Å². The average Bonchev–Trinajstić information content (AvgIpc) is 2.78. The fourth-order valence-corrected chi connectivity index (χ4v) is 3.30. The number of fused-ring (bicyclic) bond motifs is 1. The lowest BCUT2D eigenvalue weighted by Crippen LogP contribution is -2.42. The Morgan fingerprint density at radius 2 is 1.97 bits per heavy atom. The lowest BCUT2D eigenvalue weighted by molar-refractivity contribution is -0.127. The van der Waals surface area contributed by atoms with Gasteiger partial charge in [0.05, 0.1) is 11.1 Å². The maximum absolute atomic E-state index is 12.9. The molecule has 0 bridgehead atoms. The van der Waals surface area contributed by atoms with Gasteiger partial charge in [0.2, 0.25) is 5.91 Å². The fourth-order valence-electron chi connectivity index (χ4n) is 3.30. The van der Waals surface area contributed by atoms with Crippen LogP contribution in [0.3, 0.4) is 0 Å². The molecule has 0 spiro atoms. The molecule has 6 nitrogen and oxygen atoms in total.